The Balaban J connectivity index is 1.77. The SMILES string of the molecule is CC(C)c1ccc2[nH]c(O)c(N=NC(=O)COc3ccccc3F)c2c1. The third-order valence-corrected chi connectivity index (χ3v) is 3.89. The summed E-state index contributed by atoms with van der Waals surface area (Å²) in [6.07, 6.45) is 0. The van der Waals surface area contributed by atoms with Gasteiger partial charge in [0.25, 0.3) is 0 Å². The number of nitrogens with zero attached hydrogens (tertiary/aromatic N) is 2. The van der Waals surface area contributed by atoms with Crippen LogP contribution in [0, 0.1) is 5.82 Å². The van der Waals surface area contributed by atoms with Gasteiger partial charge in [0.1, 0.15) is 0 Å². The fourth-order valence-corrected chi connectivity index (χ4v) is 2.48. The highest BCUT2D eigenvalue weighted by Crippen LogP contribution is 2.36. The average molecular weight is 355 g/mol. The van der Waals surface area contributed by atoms with E-state index in [-0.39, 0.29) is 17.3 Å². The van der Waals surface area contributed by atoms with Crippen LogP contribution in [0.1, 0.15) is 25.3 Å². The molecular weight excluding hydrogens is 337 g/mol. The van der Waals surface area contributed by atoms with E-state index in [0.29, 0.717) is 16.8 Å². The van der Waals surface area contributed by atoms with Crippen molar-refractivity contribution in [3.63, 3.8) is 0 Å². The number of carbonyl (C=O) groups excluding carboxylic acids is 1. The lowest BCUT2D eigenvalue weighted by atomic mass is 10.0. The lowest BCUT2D eigenvalue weighted by molar-refractivity contribution is -0.120. The van der Waals surface area contributed by atoms with Gasteiger partial charge in [-0.05, 0) is 35.7 Å². The Kier molecular flexibility index (Phi) is 4.97. The standard InChI is InChI=1S/C19H18FN3O3/c1-11(2)12-7-8-15-13(9-12)18(19(25)21-15)23-22-17(24)10-26-16-6-4-3-5-14(16)20/h3-9,11,21,25H,10H2,1-2H3. The molecule has 0 saturated heterocycles. The number of rotatable bonds is 5. The Bertz CT molecular complexity index is 979. The largest absolute Gasteiger partial charge is 0.493 e. The van der Waals surface area contributed by atoms with Gasteiger partial charge in [0.15, 0.2) is 23.9 Å². The van der Waals surface area contributed by atoms with Gasteiger partial charge < -0.3 is 14.8 Å². The highest BCUT2D eigenvalue weighted by atomic mass is 19.1. The summed E-state index contributed by atoms with van der Waals surface area (Å²) >= 11 is 0. The molecule has 0 spiro atoms. The predicted molar refractivity (Wildman–Crippen MR) is 95.5 cm³/mol. The summed E-state index contributed by atoms with van der Waals surface area (Å²) in [4.78, 5) is 14.6. The zero-order valence-electron chi connectivity index (χ0n) is 14.4. The van der Waals surface area contributed by atoms with Gasteiger partial charge in [-0.1, -0.05) is 32.0 Å². The molecule has 0 fully saturated rings. The molecule has 26 heavy (non-hydrogen) atoms. The first kappa shape index (κ1) is 17.6. The average Bonchev–Trinajstić information content (AvgIpc) is 2.93. The number of halogens is 1. The number of H-pyrrole nitrogens is 1. The first-order valence-corrected chi connectivity index (χ1v) is 8.12. The van der Waals surface area contributed by atoms with Gasteiger partial charge in [0, 0.05) is 5.39 Å². The van der Waals surface area contributed by atoms with Crippen LogP contribution in [0.3, 0.4) is 0 Å². The number of aromatic amines is 1. The number of aromatic hydroxyl groups is 1. The van der Waals surface area contributed by atoms with E-state index in [4.69, 9.17) is 4.74 Å². The number of aromatic nitrogens is 1. The minimum Gasteiger partial charge on any atom is -0.493 e. The molecule has 0 aliphatic rings. The van der Waals surface area contributed by atoms with Gasteiger partial charge in [0.05, 0.1) is 5.52 Å². The number of azo groups is 1. The quantitative estimate of drug-likeness (QED) is 0.643. The summed E-state index contributed by atoms with van der Waals surface area (Å²) in [5.74, 6) is -1.16. The summed E-state index contributed by atoms with van der Waals surface area (Å²) in [6.45, 7) is 3.65. The van der Waals surface area contributed by atoms with Gasteiger partial charge in [-0.15, -0.1) is 10.2 Å². The molecule has 3 rings (SSSR count). The van der Waals surface area contributed by atoms with Crippen molar-refractivity contribution in [2.24, 2.45) is 10.2 Å². The van der Waals surface area contributed by atoms with Crippen molar-refractivity contribution in [2.45, 2.75) is 19.8 Å². The van der Waals surface area contributed by atoms with E-state index < -0.39 is 18.3 Å². The number of ether oxygens (including phenoxy) is 1. The van der Waals surface area contributed by atoms with Crippen LogP contribution in [0.15, 0.2) is 52.7 Å². The fourth-order valence-electron chi connectivity index (χ4n) is 2.48. The molecule has 0 unspecified atom stereocenters. The molecule has 0 radical (unpaired) electrons. The molecule has 0 bridgehead atoms. The normalized spacial score (nSPS) is 11.5. The Morgan fingerprint density at radius 3 is 2.77 bits per heavy atom. The first-order valence-electron chi connectivity index (χ1n) is 8.12. The monoisotopic (exact) mass is 355 g/mol. The van der Waals surface area contributed by atoms with Gasteiger partial charge in [-0.25, -0.2) is 4.39 Å². The molecule has 0 aliphatic carbocycles. The molecule has 7 heteroatoms. The summed E-state index contributed by atoms with van der Waals surface area (Å²) in [7, 11) is 0. The second kappa shape index (κ2) is 7.35. The van der Waals surface area contributed by atoms with Crippen LogP contribution in [0.5, 0.6) is 11.6 Å². The van der Waals surface area contributed by atoms with E-state index in [1.807, 2.05) is 18.2 Å². The van der Waals surface area contributed by atoms with Crippen LogP contribution in [0.4, 0.5) is 10.1 Å². The Hall–Kier alpha value is -3.22. The maximum atomic E-state index is 13.5. The molecule has 2 aromatic carbocycles. The van der Waals surface area contributed by atoms with Crippen LogP contribution in [-0.2, 0) is 4.79 Å². The van der Waals surface area contributed by atoms with Gasteiger partial charge in [-0.2, -0.15) is 0 Å². The van der Waals surface area contributed by atoms with E-state index in [0.717, 1.165) is 5.56 Å². The molecule has 0 atom stereocenters. The Morgan fingerprint density at radius 1 is 1.27 bits per heavy atom. The maximum absolute atomic E-state index is 13.5. The van der Waals surface area contributed by atoms with Crippen molar-refractivity contribution in [3.05, 3.63) is 53.8 Å². The molecule has 3 aromatic rings. The van der Waals surface area contributed by atoms with E-state index in [1.54, 1.807) is 6.07 Å². The van der Waals surface area contributed by atoms with Crippen molar-refractivity contribution < 1.29 is 19.0 Å². The van der Waals surface area contributed by atoms with Crippen molar-refractivity contribution in [3.8, 4) is 11.6 Å². The zero-order valence-corrected chi connectivity index (χ0v) is 14.4. The highest BCUT2D eigenvalue weighted by Gasteiger charge is 2.13. The number of nitrogens with one attached hydrogen (secondary N) is 1. The topological polar surface area (TPSA) is 87.0 Å². The molecule has 1 heterocycles. The van der Waals surface area contributed by atoms with Crippen LogP contribution in [0.25, 0.3) is 10.9 Å². The van der Waals surface area contributed by atoms with Crippen LogP contribution in [0.2, 0.25) is 0 Å². The van der Waals surface area contributed by atoms with Crippen LogP contribution >= 0.6 is 0 Å². The van der Waals surface area contributed by atoms with Crippen molar-refractivity contribution in [1.82, 2.24) is 4.98 Å². The second-order valence-electron chi connectivity index (χ2n) is 6.09. The van der Waals surface area contributed by atoms with E-state index >= 15 is 0 Å². The second-order valence-corrected chi connectivity index (χ2v) is 6.09. The molecule has 1 aromatic heterocycles. The van der Waals surface area contributed by atoms with Gasteiger partial charge >= 0.3 is 5.91 Å². The first-order chi connectivity index (χ1) is 12.5. The maximum Gasteiger partial charge on any atom is 0.302 e. The van der Waals surface area contributed by atoms with Crippen molar-refractivity contribution in [2.75, 3.05) is 6.61 Å². The predicted octanol–water partition coefficient (Wildman–Crippen LogP) is 4.83. The summed E-state index contributed by atoms with van der Waals surface area (Å²) in [6, 6.07) is 11.5. The van der Waals surface area contributed by atoms with Crippen molar-refractivity contribution in [1.29, 1.82) is 0 Å². The van der Waals surface area contributed by atoms with E-state index in [9.17, 15) is 14.3 Å². The van der Waals surface area contributed by atoms with Crippen LogP contribution in [-0.4, -0.2) is 22.6 Å². The highest BCUT2D eigenvalue weighted by molar-refractivity contribution is 5.95. The fraction of sp³-hybridized carbons (Fsp3) is 0.211. The molecular formula is C19H18FN3O3. The molecule has 0 saturated carbocycles. The Labute approximate surface area is 149 Å². The summed E-state index contributed by atoms with van der Waals surface area (Å²) in [5, 5.41) is 18.1. The number of fused-ring (bicyclic) bond motifs is 1. The molecule has 2 N–H and O–H groups in total. The number of para-hydroxylation sites is 1. The van der Waals surface area contributed by atoms with Crippen molar-refractivity contribution >= 4 is 22.5 Å². The molecule has 0 aliphatic heterocycles. The lowest BCUT2D eigenvalue weighted by Crippen LogP contribution is -2.08. The number of hydrogen-bond acceptors (Lipinski definition) is 4. The van der Waals surface area contributed by atoms with Gasteiger partial charge in [0.2, 0.25) is 5.88 Å². The van der Waals surface area contributed by atoms with E-state index in [1.165, 1.54) is 18.2 Å². The number of hydrogen-bond donors (Lipinski definition) is 2. The minimum atomic E-state index is -0.693. The lowest BCUT2D eigenvalue weighted by Gasteiger charge is -2.04. The summed E-state index contributed by atoms with van der Waals surface area (Å²) < 4.78 is 18.5. The summed E-state index contributed by atoms with van der Waals surface area (Å²) in [5.41, 5.74) is 1.94. The molecule has 134 valence electrons. The third kappa shape index (κ3) is 3.72. The minimum absolute atomic E-state index is 0.0347. The smallest absolute Gasteiger partial charge is 0.302 e. The molecule has 1 amide bonds. The number of amides is 1. The van der Waals surface area contributed by atoms with E-state index in [2.05, 4.69) is 29.1 Å². The number of carbonyl (C=O) groups is 1. The van der Waals surface area contributed by atoms with Crippen LogP contribution < -0.4 is 4.74 Å². The third-order valence-electron chi connectivity index (χ3n) is 3.89. The number of benzene rings is 2. The van der Waals surface area contributed by atoms with Gasteiger partial charge in [-0.3, -0.25) is 4.79 Å². The molecule has 6 nitrogen and oxygen atoms in total. The zero-order chi connectivity index (χ0) is 18.7. The Morgan fingerprint density at radius 2 is 2.04 bits per heavy atom.